The molecular formula is C16H19N5O2. The highest BCUT2D eigenvalue weighted by Crippen LogP contribution is 2.17. The van der Waals surface area contributed by atoms with Crippen molar-refractivity contribution in [1.82, 2.24) is 15.3 Å². The summed E-state index contributed by atoms with van der Waals surface area (Å²) in [5.74, 6) is 0.184. The predicted molar refractivity (Wildman–Crippen MR) is 88.7 cm³/mol. The van der Waals surface area contributed by atoms with Gasteiger partial charge < -0.3 is 16.0 Å². The molecule has 0 saturated carbocycles. The summed E-state index contributed by atoms with van der Waals surface area (Å²) < 4.78 is 0. The Balaban J connectivity index is 1.97. The molecule has 0 spiro atoms. The zero-order valence-electron chi connectivity index (χ0n) is 13.1. The van der Waals surface area contributed by atoms with E-state index in [1.807, 2.05) is 19.1 Å². The molecule has 0 aliphatic heterocycles. The number of nitrogens with zero attached hydrogens (tertiary/aromatic N) is 2. The van der Waals surface area contributed by atoms with E-state index in [4.69, 9.17) is 0 Å². The molecule has 1 aromatic carbocycles. The number of benzene rings is 1. The summed E-state index contributed by atoms with van der Waals surface area (Å²) in [6, 6.07) is 7.19. The lowest BCUT2D eigenvalue weighted by atomic mass is 10.2. The van der Waals surface area contributed by atoms with Crippen LogP contribution in [0, 0.1) is 0 Å². The van der Waals surface area contributed by atoms with E-state index < -0.39 is 0 Å². The van der Waals surface area contributed by atoms with Gasteiger partial charge in [-0.3, -0.25) is 9.59 Å². The number of carbonyl (C=O) groups is 2. The fraction of sp³-hybridized carbons (Fsp3) is 0.250. The zero-order chi connectivity index (χ0) is 16.7. The third-order valence-electron chi connectivity index (χ3n) is 2.90. The average molecular weight is 313 g/mol. The summed E-state index contributed by atoms with van der Waals surface area (Å²) in [6.07, 6.45) is 3.80. The van der Waals surface area contributed by atoms with Crippen molar-refractivity contribution in [1.29, 1.82) is 0 Å². The molecule has 1 aromatic heterocycles. The van der Waals surface area contributed by atoms with Crippen LogP contribution in [0.25, 0.3) is 0 Å². The van der Waals surface area contributed by atoms with Gasteiger partial charge in [0.2, 0.25) is 5.91 Å². The van der Waals surface area contributed by atoms with Gasteiger partial charge in [-0.25, -0.2) is 9.97 Å². The molecule has 2 aromatic rings. The highest BCUT2D eigenvalue weighted by atomic mass is 16.2. The fourth-order valence-corrected chi connectivity index (χ4v) is 1.83. The first-order valence-electron chi connectivity index (χ1n) is 7.33. The van der Waals surface area contributed by atoms with Gasteiger partial charge in [0.25, 0.3) is 5.91 Å². The molecule has 0 radical (unpaired) electrons. The van der Waals surface area contributed by atoms with Crippen LogP contribution in [0.4, 0.5) is 17.2 Å². The van der Waals surface area contributed by atoms with Crippen molar-refractivity contribution in [2.45, 2.75) is 20.3 Å². The summed E-state index contributed by atoms with van der Waals surface area (Å²) in [7, 11) is 0. The summed E-state index contributed by atoms with van der Waals surface area (Å²) >= 11 is 0. The molecule has 0 aliphatic carbocycles. The Hall–Kier alpha value is -2.96. The van der Waals surface area contributed by atoms with E-state index in [0.29, 0.717) is 12.4 Å². The molecular weight excluding hydrogens is 294 g/mol. The second-order valence-corrected chi connectivity index (χ2v) is 4.93. The number of rotatable bonds is 6. The number of nitrogens with one attached hydrogen (secondary N) is 3. The van der Waals surface area contributed by atoms with E-state index in [2.05, 4.69) is 25.9 Å². The molecule has 7 nitrogen and oxygen atoms in total. The Morgan fingerprint density at radius 3 is 2.30 bits per heavy atom. The molecule has 3 N–H and O–H groups in total. The first-order valence-corrected chi connectivity index (χ1v) is 7.33. The first-order chi connectivity index (χ1) is 11.1. The molecule has 1 heterocycles. The van der Waals surface area contributed by atoms with Crippen molar-refractivity contribution in [2.24, 2.45) is 0 Å². The van der Waals surface area contributed by atoms with Crippen molar-refractivity contribution in [3.05, 3.63) is 42.4 Å². The minimum atomic E-state index is -0.231. The lowest BCUT2D eigenvalue weighted by Gasteiger charge is -2.07. The van der Waals surface area contributed by atoms with Crippen LogP contribution in [0.1, 0.15) is 30.8 Å². The zero-order valence-corrected chi connectivity index (χ0v) is 13.1. The van der Waals surface area contributed by atoms with Crippen LogP contribution < -0.4 is 16.0 Å². The van der Waals surface area contributed by atoms with Gasteiger partial charge in [0.05, 0.1) is 12.4 Å². The van der Waals surface area contributed by atoms with Crippen molar-refractivity contribution < 1.29 is 9.59 Å². The Bertz CT molecular complexity index is 668. The Morgan fingerprint density at radius 2 is 1.74 bits per heavy atom. The lowest BCUT2D eigenvalue weighted by Crippen LogP contribution is -2.25. The minimum absolute atomic E-state index is 0.117. The quantitative estimate of drug-likeness (QED) is 0.760. The third-order valence-corrected chi connectivity index (χ3v) is 2.90. The van der Waals surface area contributed by atoms with Gasteiger partial charge in [-0.05, 0) is 30.7 Å². The second kappa shape index (κ2) is 7.88. The second-order valence-electron chi connectivity index (χ2n) is 4.93. The number of hydrogen-bond acceptors (Lipinski definition) is 5. The van der Waals surface area contributed by atoms with E-state index in [1.54, 1.807) is 12.1 Å². The first kappa shape index (κ1) is 16.4. The molecule has 0 atom stereocenters. The standard InChI is InChI=1S/C16H19N5O2/c1-3-8-17-16(23)14-9-19-15(10-18-14)21-13-6-4-12(5-7-13)20-11(2)22/h4-7,9-10H,3,8H2,1-2H3,(H,17,23)(H,19,21)(H,20,22). The minimum Gasteiger partial charge on any atom is -0.351 e. The molecule has 23 heavy (non-hydrogen) atoms. The van der Waals surface area contributed by atoms with Gasteiger partial charge in [0.1, 0.15) is 11.5 Å². The van der Waals surface area contributed by atoms with E-state index in [-0.39, 0.29) is 17.5 Å². The van der Waals surface area contributed by atoms with Gasteiger partial charge in [-0.1, -0.05) is 6.92 Å². The van der Waals surface area contributed by atoms with Crippen LogP contribution in [0.2, 0.25) is 0 Å². The largest absolute Gasteiger partial charge is 0.351 e. The summed E-state index contributed by atoms with van der Waals surface area (Å²) in [5, 5.41) is 8.51. The summed E-state index contributed by atoms with van der Waals surface area (Å²) in [5.41, 5.74) is 1.80. The Morgan fingerprint density at radius 1 is 1.04 bits per heavy atom. The number of amides is 2. The van der Waals surface area contributed by atoms with Crippen molar-refractivity contribution in [3.8, 4) is 0 Å². The maximum atomic E-state index is 11.7. The number of carbonyl (C=O) groups excluding carboxylic acids is 2. The summed E-state index contributed by atoms with van der Waals surface area (Å²) in [4.78, 5) is 31.0. The highest BCUT2D eigenvalue weighted by molar-refractivity contribution is 5.92. The van der Waals surface area contributed by atoms with E-state index in [0.717, 1.165) is 17.8 Å². The number of anilines is 3. The average Bonchev–Trinajstić information content (AvgIpc) is 2.54. The van der Waals surface area contributed by atoms with Gasteiger partial charge in [-0.15, -0.1) is 0 Å². The molecule has 7 heteroatoms. The van der Waals surface area contributed by atoms with E-state index in [1.165, 1.54) is 19.3 Å². The molecule has 2 amide bonds. The topological polar surface area (TPSA) is 96.0 Å². The van der Waals surface area contributed by atoms with E-state index >= 15 is 0 Å². The van der Waals surface area contributed by atoms with Crippen molar-refractivity contribution >= 4 is 29.0 Å². The molecule has 2 rings (SSSR count). The van der Waals surface area contributed by atoms with Crippen LogP contribution in [0.3, 0.4) is 0 Å². The predicted octanol–water partition coefficient (Wildman–Crippen LogP) is 2.32. The van der Waals surface area contributed by atoms with Crippen LogP contribution in [0.5, 0.6) is 0 Å². The molecule has 0 unspecified atom stereocenters. The monoisotopic (exact) mass is 313 g/mol. The molecule has 0 bridgehead atoms. The highest BCUT2D eigenvalue weighted by Gasteiger charge is 2.07. The Kier molecular flexibility index (Phi) is 5.62. The summed E-state index contributed by atoms with van der Waals surface area (Å²) in [6.45, 7) is 4.05. The maximum Gasteiger partial charge on any atom is 0.271 e. The van der Waals surface area contributed by atoms with Gasteiger partial charge in [-0.2, -0.15) is 0 Å². The third kappa shape index (κ3) is 5.06. The Labute approximate surface area is 134 Å². The van der Waals surface area contributed by atoms with Gasteiger partial charge in [0, 0.05) is 24.8 Å². The fourth-order valence-electron chi connectivity index (χ4n) is 1.83. The van der Waals surface area contributed by atoms with Crippen LogP contribution >= 0.6 is 0 Å². The molecule has 120 valence electrons. The van der Waals surface area contributed by atoms with Gasteiger partial charge in [0.15, 0.2) is 0 Å². The number of hydrogen-bond donors (Lipinski definition) is 3. The van der Waals surface area contributed by atoms with E-state index in [9.17, 15) is 9.59 Å². The van der Waals surface area contributed by atoms with Crippen LogP contribution in [-0.2, 0) is 4.79 Å². The maximum absolute atomic E-state index is 11.7. The lowest BCUT2D eigenvalue weighted by molar-refractivity contribution is -0.114. The normalized spacial score (nSPS) is 10.0. The SMILES string of the molecule is CCCNC(=O)c1cnc(Nc2ccc(NC(C)=O)cc2)cn1. The molecule has 0 fully saturated rings. The molecule has 0 saturated heterocycles. The van der Waals surface area contributed by atoms with Crippen molar-refractivity contribution in [3.63, 3.8) is 0 Å². The van der Waals surface area contributed by atoms with Gasteiger partial charge >= 0.3 is 0 Å². The van der Waals surface area contributed by atoms with Crippen LogP contribution in [-0.4, -0.2) is 28.3 Å². The number of aromatic nitrogens is 2. The van der Waals surface area contributed by atoms with Crippen LogP contribution in [0.15, 0.2) is 36.7 Å². The molecule has 0 aliphatic rings. The van der Waals surface area contributed by atoms with Crippen molar-refractivity contribution in [2.75, 3.05) is 17.2 Å². The smallest absolute Gasteiger partial charge is 0.271 e.